The van der Waals surface area contributed by atoms with Crippen LogP contribution in [0.3, 0.4) is 0 Å². The molecule has 0 atom stereocenters. The van der Waals surface area contributed by atoms with Gasteiger partial charge in [0.25, 0.3) is 0 Å². The normalized spacial score (nSPS) is 10.0. The fourth-order valence-electron chi connectivity index (χ4n) is 0.890. The third-order valence-corrected chi connectivity index (χ3v) is 1.95. The largest absolute Gasteiger partial charge is 0.267 e. The Kier molecular flexibility index (Phi) is 3.02. The quantitative estimate of drug-likeness (QED) is 0.571. The summed E-state index contributed by atoms with van der Waals surface area (Å²) in [5.41, 5.74) is 2.02. The molecule has 0 fully saturated rings. The maximum absolute atomic E-state index is 5.68. The molecule has 0 radical (unpaired) electrons. The van der Waals surface area contributed by atoms with Crippen LogP contribution in [-0.2, 0) is 12.3 Å². The van der Waals surface area contributed by atoms with Crippen LogP contribution in [-0.4, -0.2) is 10.2 Å². The Morgan fingerprint density at radius 3 is 3.00 bits per heavy atom. The molecule has 4 heteroatoms. The first-order chi connectivity index (χ1) is 5.27. The fraction of sp³-hybridized carbons (Fsp3) is 0.429. The van der Waals surface area contributed by atoms with Gasteiger partial charge in [0, 0.05) is 5.88 Å². The summed E-state index contributed by atoms with van der Waals surface area (Å²) in [6.45, 7) is 2.04. The lowest BCUT2D eigenvalue weighted by atomic mass is 10.2. The van der Waals surface area contributed by atoms with E-state index in [4.69, 9.17) is 23.8 Å². The van der Waals surface area contributed by atoms with Crippen LogP contribution in [0.15, 0.2) is 6.07 Å². The monoisotopic (exact) mass is 188 g/mol. The summed E-state index contributed by atoms with van der Waals surface area (Å²) >= 11 is 10.6. The third kappa shape index (κ3) is 2.01. The van der Waals surface area contributed by atoms with Gasteiger partial charge in [0.1, 0.15) is 4.64 Å². The third-order valence-electron chi connectivity index (χ3n) is 1.46. The maximum atomic E-state index is 5.68. The average Bonchev–Trinajstić information content (AvgIpc) is 2.04. The molecular weight excluding hydrogens is 180 g/mol. The lowest BCUT2D eigenvalue weighted by Crippen LogP contribution is -1.96. The summed E-state index contributed by atoms with van der Waals surface area (Å²) in [4.78, 5) is 0. The Balaban J connectivity index is 3.16. The molecule has 0 aromatic carbocycles. The highest BCUT2D eigenvalue weighted by Crippen LogP contribution is 2.08. The number of rotatable bonds is 2. The minimum atomic E-state index is 0.481. The fourth-order valence-corrected chi connectivity index (χ4v) is 1.31. The number of hydrogen-bond donors (Lipinski definition) is 1. The van der Waals surface area contributed by atoms with E-state index in [1.807, 2.05) is 13.0 Å². The highest BCUT2D eigenvalue weighted by atomic mass is 35.5. The first-order valence-corrected chi connectivity index (χ1v) is 4.35. The molecule has 0 saturated carbocycles. The van der Waals surface area contributed by atoms with Gasteiger partial charge in [-0.2, -0.15) is 5.10 Å². The molecule has 0 bridgehead atoms. The van der Waals surface area contributed by atoms with E-state index in [0.29, 0.717) is 10.5 Å². The smallest absolute Gasteiger partial charge is 0.119 e. The highest BCUT2D eigenvalue weighted by Gasteiger charge is 1.99. The number of halogens is 1. The van der Waals surface area contributed by atoms with Gasteiger partial charge >= 0.3 is 0 Å². The zero-order valence-corrected chi connectivity index (χ0v) is 7.80. The van der Waals surface area contributed by atoms with Crippen LogP contribution in [0.2, 0.25) is 0 Å². The van der Waals surface area contributed by atoms with Crippen molar-refractivity contribution >= 4 is 23.8 Å². The number of nitrogens with one attached hydrogen (secondary N) is 1. The van der Waals surface area contributed by atoms with Crippen molar-refractivity contribution in [3.05, 3.63) is 22.0 Å². The number of nitrogens with zero attached hydrogens (tertiary/aromatic N) is 1. The van der Waals surface area contributed by atoms with Crippen molar-refractivity contribution in [2.75, 3.05) is 0 Å². The number of aromatic nitrogens is 2. The van der Waals surface area contributed by atoms with E-state index in [9.17, 15) is 0 Å². The van der Waals surface area contributed by atoms with Crippen molar-refractivity contribution in [3.63, 3.8) is 0 Å². The number of alkyl halides is 1. The zero-order chi connectivity index (χ0) is 8.27. The molecule has 1 rings (SSSR count). The summed E-state index contributed by atoms with van der Waals surface area (Å²) in [6.07, 6.45) is 0.883. The lowest BCUT2D eigenvalue weighted by molar-refractivity contribution is 0.889. The van der Waals surface area contributed by atoms with Crippen molar-refractivity contribution in [1.82, 2.24) is 10.2 Å². The van der Waals surface area contributed by atoms with Crippen LogP contribution >= 0.6 is 23.8 Å². The van der Waals surface area contributed by atoms with Gasteiger partial charge in [0.15, 0.2) is 0 Å². The number of H-pyrrole nitrogens is 1. The molecule has 1 heterocycles. The van der Waals surface area contributed by atoms with Gasteiger partial charge in [-0.25, -0.2) is 0 Å². The summed E-state index contributed by atoms with van der Waals surface area (Å²) in [5, 5.41) is 6.79. The molecule has 0 amide bonds. The molecule has 1 aromatic heterocycles. The molecule has 1 N–H and O–H groups in total. The number of aromatic amines is 1. The van der Waals surface area contributed by atoms with E-state index < -0.39 is 0 Å². The van der Waals surface area contributed by atoms with Gasteiger partial charge in [-0.3, -0.25) is 5.10 Å². The Morgan fingerprint density at radius 1 is 1.73 bits per heavy atom. The minimum Gasteiger partial charge on any atom is -0.267 e. The lowest BCUT2D eigenvalue weighted by Gasteiger charge is -2.00. The predicted molar refractivity (Wildman–Crippen MR) is 48.4 cm³/mol. The van der Waals surface area contributed by atoms with Crippen molar-refractivity contribution < 1.29 is 0 Å². The summed E-state index contributed by atoms with van der Waals surface area (Å²) in [7, 11) is 0. The Hall–Kier alpha value is -0.410. The van der Waals surface area contributed by atoms with E-state index in [0.717, 1.165) is 17.7 Å². The number of hydrogen-bond acceptors (Lipinski definition) is 2. The van der Waals surface area contributed by atoms with E-state index in [2.05, 4.69) is 10.2 Å². The SMILES string of the molecule is CCc1n[nH]c(=S)cc1CCl. The molecule has 0 spiro atoms. The molecule has 1 aromatic rings. The van der Waals surface area contributed by atoms with Gasteiger partial charge in [-0.1, -0.05) is 19.1 Å². The van der Waals surface area contributed by atoms with Gasteiger partial charge in [0.05, 0.1) is 5.69 Å². The first kappa shape index (κ1) is 8.68. The molecule has 0 unspecified atom stereocenters. The van der Waals surface area contributed by atoms with Gasteiger partial charge in [0.2, 0.25) is 0 Å². The average molecular weight is 189 g/mol. The van der Waals surface area contributed by atoms with Crippen LogP contribution in [0.4, 0.5) is 0 Å². The Morgan fingerprint density at radius 2 is 2.45 bits per heavy atom. The second kappa shape index (κ2) is 3.83. The summed E-state index contributed by atoms with van der Waals surface area (Å²) in [5.74, 6) is 0.481. The van der Waals surface area contributed by atoms with Crippen molar-refractivity contribution in [1.29, 1.82) is 0 Å². The number of aryl methyl sites for hydroxylation is 1. The maximum Gasteiger partial charge on any atom is 0.119 e. The first-order valence-electron chi connectivity index (χ1n) is 3.41. The molecular formula is C7H9ClN2S. The van der Waals surface area contributed by atoms with Gasteiger partial charge < -0.3 is 0 Å². The van der Waals surface area contributed by atoms with Crippen molar-refractivity contribution in [2.24, 2.45) is 0 Å². The minimum absolute atomic E-state index is 0.481. The standard InChI is InChI=1S/C7H9ClN2S/c1-2-6-5(4-8)3-7(11)10-9-6/h3H,2,4H2,1H3,(H,10,11). The summed E-state index contributed by atoms with van der Waals surface area (Å²) in [6, 6.07) is 1.86. The second-order valence-corrected chi connectivity index (χ2v) is 2.90. The zero-order valence-electron chi connectivity index (χ0n) is 6.22. The molecule has 11 heavy (non-hydrogen) atoms. The van der Waals surface area contributed by atoms with Crippen LogP contribution in [0, 0.1) is 4.64 Å². The molecule has 60 valence electrons. The second-order valence-electron chi connectivity index (χ2n) is 2.19. The van der Waals surface area contributed by atoms with Crippen molar-refractivity contribution in [2.45, 2.75) is 19.2 Å². The summed E-state index contributed by atoms with van der Waals surface area (Å²) < 4.78 is 0.637. The van der Waals surface area contributed by atoms with Crippen LogP contribution in [0.25, 0.3) is 0 Å². The van der Waals surface area contributed by atoms with E-state index in [1.54, 1.807) is 0 Å². The van der Waals surface area contributed by atoms with Gasteiger partial charge in [-0.05, 0) is 18.1 Å². The molecule has 0 aliphatic rings. The molecule has 2 nitrogen and oxygen atoms in total. The van der Waals surface area contributed by atoms with Crippen LogP contribution < -0.4 is 0 Å². The molecule has 0 saturated heterocycles. The topological polar surface area (TPSA) is 28.7 Å². The van der Waals surface area contributed by atoms with E-state index >= 15 is 0 Å². The predicted octanol–water partition coefficient (Wildman–Crippen LogP) is 2.44. The van der Waals surface area contributed by atoms with E-state index in [1.165, 1.54) is 0 Å². The molecule has 0 aliphatic heterocycles. The Bertz CT molecular complexity index is 295. The van der Waals surface area contributed by atoms with Gasteiger partial charge in [-0.15, -0.1) is 11.6 Å². The highest BCUT2D eigenvalue weighted by molar-refractivity contribution is 7.71. The molecule has 0 aliphatic carbocycles. The van der Waals surface area contributed by atoms with E-state index in [-0.39, 0.29) is 0 Å². The Labute approximate surface area is 75.6 Å². The van der Waals surface area contributed by atoms with Crippen molar-refractivity contribution in [3.8, 4) is 0 Å². The van der Waals surface area contributed by atoms with Crippen LogP contribution in [0.1, 0.15) is 18.2 Å². The van der Waals surface area contributed by atoms with Crippen LogP contribution in [0.5, 0.6) is 0 Å².